The summed E-state index contributed by atoms with van der Waals surface area (Å²) in [5.41, 5.74) is 5.49. The summed E-state index contributed by atoms with van der Waals surface area (Å²) in [4.78, 5) is 13.6. The molecule has 1 amide bonds. The van der Waals surface area contributed by atoms with Gasteiger partial charge in [-0.2, -0.15) is 0 Å². The van der Waals surface area contributed by atoms with E-state index in [-0.39, 0.29) is 6.09 Å². The Balaban J connectivity index is 2.43. The van der Waals surface area contributed by atoms with E-state index in [1.165, 1.54) is 0 Å². The lowest BCUT2D eigenvalue weighted by atomic mass is 10.0. The van der Waals surface area contributed by atoms with Gasteiger partial charge in [-0.25, -0.2) is 4.79 Å². The lowest BCUT2D eigenvalue weighted by Gasteiger charge is -2.29. The van der Waals surface area contributed by atoms with Crippen molar-refractivity contribution in [3.63, 3.8) is 0 Å². The van der Waals surface area contributed by atoms with E-state index in [2.05, 4.69) is 0 Å². The van der Waals surface area contributed by atoms with Crippen molar-refractivity contribution >= 4 is 6.09 Å². The van der Waals surface area contributed by atoms with Gasteiger partial charge in [-0.15, -0.1) is 0 Å². The molecule has 1 heterocycles. The Labute approximate surface area is 98.1 Å². The normalized spacial score (nSPS) is 20.1. The van der Waals surface area contributed by atoms with Crippen LogP contribution in [0.3, 0.4) is 0 Å². The molecule has 0 atom stereocenters. The van der Waals surface area contributed by atoms with Crippen LogP contribution < -0.4 is 5.73 Å². The molecule has 0 saturated carbocycles. The Morgan fingerprint density at radius 3 is 2.19 bits per heavy atom. The van der Waals surface area contributed by atoms with Crippen molar-refractivity contribution in [3.8, 4) is 0 Å². The van der Waals surface area contributed by atoms with E-state index in [1.54, 1.807) is 4.90 Å². The van der Waals surface area contributed by atoms with E-state index in [9.17, 15) is 4.79 Å². The van der Waals surface area contributed by atoms with Crippen LogP contribution in [-0.2, 0) is 4.74 Å². The Hall–Kier alpha value is -0.770. The smallest absolute Gasteiger partial charge is 0.410 e. The topological polar surface area (TPSA) is 55.6 Å². The fraction of sp³-hybridized carbons (Fsp3) is 0.917. The number of amides is 1. The van der Waals surface area contributed by atoms with Gasteiger partial charge in [-0.1, -0.05) is 0 Å². The first-order valence-electron chi connectivity index (χ1n) is 6.12. The Kier molecular flexibility index (Phi) is 4.59. The van der Waals surface area contributed by atoms with Gasteiger partial charge in [0.25, 0.3) is 0 Å². The molecule has 16 heavy (non-hydrogen) atoms. The SMILES string of the molecule is CC(C)(C)OC(=O)N1CCCC(N)CCC1. The predicted molar refractivity (Wildman–Crippen MR) is 64.3 cm³/mol. The molecule has 2 N–H and O–H groups in total. The van der Waals surface area contributed by atoms with Crippen LogP contribution >= 0.6 is 0 Å². The summed E-state index contributed by atoms with van der Waals surface area (Å²) in [5.74, 6) is 0. The number of rotatable bonds is 0. The minimum atomic E-state index is -0.407. The third kappa shape index (κ3) is 4.84. The number of hydrogen-bond donors (Lipinski definition) is 1. The van der Waals surface area contributed by atoms with Crippen molar-refractivity contribution in [2.24, 2.45) is 5.73 Å². The molecule has 1 aliphatic rings. The van der Waals surface area contributed by atoms with Crippen molar-refractivity contribution in [3.05, 3.63) is 0 Å². The maximum atomic E-state index is 11.8. The van der Waals surface area contributed by atoms with Gasteiger partial charge in [0.15, 0.2) is 0 Å². The first-order valence-corrected chi connectivity index (χ1v) is 6.12. The Morgan fingerprint density at radius 2 is 1.75 bits per heavy atom. The summed E-state index contributed by atoms with van der Waals surface area (Å²) in [5, 5.41) is 0. The van der Waals surface area contributed by atoms with Crippen molar-refractivity contribution in [2.45, 2.75) is 58.1 Å². The van der Waals surface area contributed by atoms with Crippen molar-refractivity contribution in [2.75, 3.05) is 13.1 Å². The summed E-state index contributed by atoms with van der Waals surface area (Å²) in [6, 6.07) is 0.306. The fourth-order valence-corrected chi connectivity index (χ4v) is 1.85. The molecule has 0 aromatic carbocycles. The highest BCUT2D eigenvalue weighted by Gasteiger charge is 2.22. The van der Waals surface area contributed by atoms with E-state index in [4.69, 9.17) is 10.5 Å². The van der Waals surface area contributed by atoms with Crippen LogP contribution in [0.25, 0.3) is 0 Å². The van der Waals surface area contributed by atoms with E-state index >= 15 is 0 Å². The van der Waals surface area contributed by atoms with Crippen LogP contribution in [0.2, 0.25) is 0 Å². The molecule has 94 valence electrons. The third-order valence-electron chi connectivity index (χ3n) is 2.66. The molecule has 1 fully saturated rings. The fourth-order valence-electron chi connectivity index (χ4n) is 1.85. The average molecular weight is 228 g/mol. The largest absolute Gasteiger partial charge is 0.444 e. The molecule has 4 nitrogen and oxygen atoms in total. The molecule has 0 aromatic rings. The van der Waals surface area contributed by atoms with Crippen LogP contribution in [0.1, 0.15) is 46.5 Å². The average Bonchev–Trinajstić information content (AvgIpc) is 2.07. The number of nitrogens with zero attached hydrogens (tertiary/aromatic N) is 1. The summed E-state index contributed by atoms with van der Waals surface area (Å²) >= 11 is 0. The van der Waals surface area contributed by atoms with Crippen molar-refractivity contribution in [1.82, 2.24) is 4.90 Å². The summed E-state index contributed by atoms with van der Waals surface area (Å²) < 4.78 is 5.36. The Morgan fingerprint density at radius 1 is 1.25 bits per heavy atom. The molecule has 0 radical (unpaired) electrons. The zero-order valence-electron chi connectivity index (χ0n) is 10.7. The Bertz CT molecular complexity index is 226. The second-order valence-corrected chi connectivity index (χ2v) is 5.51. The molecule has 1 rings (SSSR count). The molecular formula is C12H24N2O2. The minimum absolute atomic E-state index is 0.192. The third-order valence-corrected chi connectivity index (χ3v) is 2.66. The molecular weight excluding hydrogens is 204 g/mol. The summed E-state index contributed by atoms with van der Waals surface area (Å²) in [6.07, 6.45) is 3.75. The van der Waals surface area contributed by atoms with E-state index in [0.717, 1.165) is 38.8 Å². The van der Waals surface area contributed by atoms with Crippen LogP contribution in [0.4, 0.5) is 4.79 Å². The first-order chi connectivity index (χ1) is 7.38. The quantitative estimate of drug-likeness (QED) is 0.691. The lowest BCUT2D eigenvalue weighted by Crippen LogP contribution is -2.40. The summed E-state index contributed by atoms with van der Waals surface area (Å²) in [6.45, 7) is 7.21. The minimum Gasteiger partial charge on any atom is -0.444 e. The molecule has 0 aromatic heterocycles. The zero-order chi connectivity index (χ0) is 12.2. The van der Waals surface area contributed by atoms with E-state index < -0.39 is 5.60 Å². The zero-order valence-corrected chi connectivity index (χ0v) is 10.7. The van der Waals surface area contributed by atoms with Crippen molar-refractivity contribution < 1.29 is 9.53 Å². The monoisotopic (exact) mass is 228 g/mol. The molecule has 4 heteroatoms. The number of nitrogens with two attached hydrogens (primary N) is 1. The molecule has 0 unspecified atom stereocenters. The second-order valence-electron chi connectivity index (χ2n) is 5.51. The predicted octanol–water partition coefficient (Wildman–Crippen LogP) is 2.12. The van der Waals surface area contributed by atoms with Gasteiger partial charge in [0, 0.05) is 19.1 Å². The van der Waals surface area contributed by atoms with E-state index in [0.29, 0.717) is 6.04 Å². The highest BCUT2D eigenvalue weighted by Crippen LogP contribution is 2.14. The standard InChI is InChI=1S/C12H24N2O2/c1-12(2,3)16-11(15)14-8-4-6-10(13)7-5-9-14/h10H,4-9,13H2,1-3H3. The van der Waals surface area contributed by atoms with Crippen LogP contribution in [0, 0.1) is 0 Å². The molecule has 0 spiro atoms. The van der Waals surface area contributed by atoms with E-state index in [1.807, 2.05) is 20.8 Å². The number of likely N-dealkylation sites (tertiary alicyclic amines) is 1. The number of carbonyl (C=O) groups excluding carboxylic acids is 1. The van der Waals surface area contributed by atoms with Crippen LogP contribution in [0.15, 0.2) is 0 Å². The van der Waals surface area contributed by atoms with Crippen LogP contribution in [-0.4, -0.2) is 35.7 Å². The maximum Gasteiger partial charge on any atom is 0.410 e. The van der Waals surface area contributed by atoms with Gasteiger partial charge in [0.2, 0.25) is 0 Å². The number of ether oxygens (including phenoxy) is 1. The van der Waals surface area contributed by atoms with Gasteiger partial charge in [-0.05, 0) is 46.5 Å². The lowest BCUT2D eigenvalue weighted by molar-refractivity contribution is 0.0233. The highest BCUT2D eigenvalue weighted by molar-refractivity contribution is 5.68. The van der Waals surface area contributed by atoms with Gasteiger partial charge in [0.05, 0.1) is 0 Å². The second kappa shape index (κ2) is 5.53. The molecule has 1 aliphatic heterocycles. The van der Waals surface area contributed by atoms with Gasteiger partial charge < -0.3 is 15.4 Å². The molecule has 1 saturated heterocycles. The van der Waals surface area contributed by atoms with Gasteiger partial charge in [0.1, 0.15) is 5.60 Å². The first kappa shape index (κ1) is 13.3. The van der Waals surface area contributed by atoms with Crippen LogP contribution in [0.5, 0.6) is 0 Å². The van der Waals surface area contributed by atoms with Crippen molar-refractivity contribution in [1.29, 1.82) is 0 Å². The summed E-state index contributed by atoms with van der Waals surface area (Å²) in [7, 11) is 0. The van der Waals surface area contributed by atoms with Gasteiger partial charge >= 0.3 is 6.09 Å². The number of carbonyl (C=O) groups is 1. The maximum absolute atomic E-state index is 11.8. The number of hydrogen-bond acceptors (Lipinski definition) is 3. The molecule has 0 aliphatic carbocycles. The highest BCUT2D eigenvalue weighted by atomic mass is 16.6. The molecule has 0 bridgehead atoms. The van der Waals surface area contributed by atoms with Gasteiger partial charge in [-0.3, -0.25) is 0 Å².